The van der Waals surface area contributed by atoms with E-state index < -0.39 is 0 Å². The molecule has 0 spiro atoms. The standard InChI is InChI=1S/C13H9NO2/c1-8-14-12-7-10-5-3-2-4-9(10)6-11(12)13(15)16-8/h2-7H,1H3. The van der Waals surface area contributed by atoms with Gasteiger partial charge in [-0.25, -0.2) is 9.78 Å². The van der Waals surface area contributed by atoms with E-state index in [9.17, 15) is 4.79 Å². The zero-order valence-electron chi connectivity index (χ0n) is 8.73. The Morgan fingerprint density at radius 2 is 1.81 bits per heavy atom. The lowest BCUT2D eigenvalue weighted by Gasteiger charge is -2.00. The van der Waals surface area contributed by atoms with Crippen LogP contribution >= 0.6 is 0 Å². The third-order valence-electron chi connectivity index (χ3n) is 2.60. The van der Waals surface area contributed by atoms with Crippen LogP contribution in [0.2, 0.25) is 0 Å². The molecule has 2 aromatic carbocycles. The van der Waals surface area contributed by atoms with Gasteiger partial charge < -0.3 is 4.42 Å². The van der Waals surface area contributed by atoms with E-state index in [1.807, 2.05) is 36.4 Å². The maximum absolute atomic E-state index is 11.6. The van der Waals surface area contributed by atoms with Crippen molar-refractivity contribution in [3.05, 3.63) is 52.7 Å². The summed E-state index contributed by atoms with van der Waals surface area (Å²) in [4.78, 5) is 15.9. The van der Waals surface area contributed by atoms with Crippen molar-refractivity contribution in [2.75, 3.05) is 0 Å². The van der Waals surface area contributed by atoms with Crippen LogP contribution in [-0.2, 0) is 0 Å². The van der Waals surface area contributed by atoms with Crippen molar-refractivity contribution in [2.24, 2.45) is 0 Å². The van der Waals surface area contributed by atoms with Gasteiger partial charge in [0.2, 0.25) is 0 Å². The number of benzene rings is 2. The fourth-order valence-electron chi connectivity index (χ4n) is 1.87. The second kappa shape index (κ2) is 3.17. The Kier molecular flexibility index (Phi) is 1.80. The minimum absolute atomic E-state index is 0.326. The predicted molar refractivity (Wildman–Crippen MR) is 62.5 cm³/mol. The van der Waals surface area contributed by atoms with Crippen LogP contribution in [0.3, 0.4) is 0 Å². The molecule has 78 valence electrons. The van der Waals surface area contributed by atoms with Crippen LogP contribution in [0, 0.1) is 6.92 Å². The van der Waals surface area contributed by atoms with Gasteiger partial charge in [0.15, 0.2) is 5.89 Å². The maximum atomic E-state index is 11.6. The summed E-state index contributed by atoms with van der Waals surface area (Å²) in [6, 6.07) is 11.6. The first-order chi connectivity index (χ1) is 7.74. The van der Waals surface area contributed by atoms with Crippen molar-refractivity contribution in [1.82, 2.24) is 4.98 Å². The Hall–Kier alpha value is -2.16. The highest BCUT2D eigenvalue weighted by Gasteiger charge is 2.04. The third-order valence-corrected chi connectivity index (χ3v) is 2.60. The van der Waals surface area contributed by atoms with Crippen LogP contribution in [0.1, 0.15) is 5.89 Å². The smallest absolute Gasteiger partial charge is 0.346 e. The third kappa shape index (κ3) is 1.29. The van der Waals surface area contributed by atoms with Crippen LogP contribution in [0.25, 0.3) is 21.7 Å². The Bertz CT molecular complexity index is 744. The van der Waals surface area contributed by atoms with Gasteiger partial charge in [0.05, 0.1) is 10.9 Å². The summed E-state index contributed by atoms with van der Waals surface area (Å²) in [6.07, 6.45) is 0. The highest BCUT2D eigenvalue weighted by Crippen LogP contribution is 2.19. The van der Waals surface area contributed by atoms with E-state index in [-0.39, 0.29) is 5.63 Å². The molecular formula is C13H9NO2. The number of aryl methyl sites for hydroxylation is 1. The van der Waals surface area contributed by atoms with Crippen molar-refractivity contribution in [3.8, 4) is 0 Å². The molecule has 0 unspecified atom stereocenters. The molecule has 0 aliphatic carbocycles. The Labute approximate surface area is 91.3 Å². The normalized spacial score (nSPS) is 11.1. The highest BCUT2D eigenvalue weighted by molar-refractivity contribution is 5.95. The van der Waals surface area contributed by atoms with Crippen molar-refractivity contribution in [2.45, 2.75) is 6.92 Å². The predicted octanol–water partition coefficient (Wildman–Crippen LogP) is 2.65. The summed E-state index contributed by atoms with van der Waals surface area (Å²) in [7, 11) is 0. The van der Waals surface area contributed by atoms with Gasteiger partial charge in [-0.1, -0.05) is 24.3 Å². The van der Waals surface area contributed by atoms with Crippen LogP contribution in [0.4, 0.5) is 0 Å². The second-order valence-electron chi connectivity index (χ2n) is 3.74. The molecule has 0 saturated heterocycles. The van der Waals surface area contributed by atoms with Gasteiger partial charge in [-0.05, 0) is 22.9 Å². The van der Waals surface area contributed by atoms with Gasteiger partial charge in [0, 0.05) is 6.92 Å². The van der Waals surface area contributed by atoms with Crippen molar-refractivity contribution in [1.29, 1.82) is 0 Å². The van der Waals surface area contributed by atoms with E-state index in [1.54, 1.807) is 6.92 Å². The Balaban J connectivity index is 2.56. The van der Waals surface area contributed by atoms with E-state index in [0.717, 1.165) is 10.8 Å². The zero-order chi connectivity index (χ0) is 11.1. The van der Waals surface area contributed by atoms with Crippen molar-refractivity contribution < 1.29 is 4.42 Å². The Morgan fingerprint density at radius 3 is 2.56 bits per heavy atom. The average Bonchev–Trinajstić information content (AvgIpc) is 2.27. The van der Waals surface area contributed by atoms with Gasteiger partial charge in [-0.15, -0.1) is 0 Å². The first kappa shape index (κ1) is 9.09. The van der Waals surface area contributed by atoms with Gasteiger partial charge >= 0.3 is 5.63 Å². The molecule has 0 bridgehead atoms. The van der Waals surface area contributed by atoms with Crippen LogP contribution < -0.4 is 5.63 Å². The number of hydrogen-bond donors (Lipinski definition) is 0. The first-order valence-electron chi connectivity index (χ1n) is 5.04. The zero-order valence-corrected chi connectivity index (χ0v) is 8.73. The second-order valence-corrected chi connectivity index (χ2v) is 3.74. The van der Waals surface area contributed by atoms with Gasteiger partial charge in [0.1, 0.15) is 0 Å². The van der Waals surface area contributed by atoms with Crippen LogP contribution in [-0.4, -0.2) is 4.98 Å². The van der Waals surface area contributed by atoms with E-state index >= 15 is 0 Å². The minimum Gasteiger partial charge on any atom is -0.408 e. The van der Waals surface area contributed by atoms with Gasteiger partial charge in [0.25, 0.3) is 0 Å². The topological polar surface area (TPSA) is 43.1 Å². The number of nitrogens with zero attached hydrogens (tertiary/aromatic N) is 1. The molecule has 0 N–H and O–H groups in total. The molecular weight excluding hydrogens is 202 g/mol. The van der Waals surface area contributed by atoms with E-state index in [1.165, 1.54) is 0 Å². The summed E-state index contributed by atoms with van der Waals surface area (Å²) in [5.74, 6) is 0.396. The van der Waals surface area contributed by atoms with E-state index in [2.05, 4.69) is 4.98 Å². The quantitative estimate of drug-likeness (QED) is 0.537. The van der Waals surface area contributed by atoms with E-state index in [4.69, 9.17) is 4.42 Å². The summed E-state index contributed by atoms with van der Waals surface area (Å²) in [5, 5.41) is 2.63. The fourth-order valence-corrected chi connectivity index (χ4v) is 1.87. The minimum atomic E-state index is -0.326. The highest BCUT2D eigenvalue weighted by atomic mass is 16.4. The molecule has 1 aromatic heterocycles. The monoisotopic (exact) mass is 211 g/mol. The molecule has 3 rings (SSSR count). The van der Waals surface area contributed by atoms with Crippen molar-refractivity contribution >= 4 is 21.7 Å². The molecule has 0 saturated carbocycles. The summed E-state index contributed by atoms with van der Waals surface area (Å²) in [6.45, 7) is 1.68. The molecule has 16 heavy (non-hydrogen) atoms. The van der Waals surface area contributed by atoms with Crippen LogP contribution in [0.5, 0.6) is 0 Å². The number of hydrogen-bond acceptors (Lipinski definition) is 3. The molecule has 0 aliphatic rings. The lowest BCUT2D eigenvalue weighted by molar-refractivity contribution is 0.467. The first-order valence-corrected chi connectivity index (χ1v) is 5.04. The van der Waals surface area contributed by atoms with Crippen LogP contribution in [0.15, 0.2) is 45.6 Å². The summed E-state index contributed by atoms with van der Waals surface area (Å²) in [5.41, 5.74) is 0.362. The molecule has 0 radical (unpaired) electrons. The lowest BCUT2D eigenvalue weighted by Crippen LogP contribution is -2.02. The molecule has 0 amide bonds. The summed E-state index contributed by atoms with van der Waals surface area (Å²) >= 11 is 0. The molecule has 0 atom stereocenters. The number of rotatable bonds is 0. The lowest BCUT2D eigenvalue weighted by atomic mass is 10.1. The molecule has 1 heterocycles. The number of aromatic nitrogens is 1. The number of fused-ring (bicyclic) bond motifs is 2. The van der Waals surface area contributed by atoms with Crippen molar-refractivity contribution in [3.63, 3.8) is 0 Å². The summed E-state index contributed by atoms with van der Waals surface area (Å²) < 4.78 is 4.97. The Morgan fingerprint density at radius 1 is 1.12 bits per heavy atom. The van der Waals surface area contributed by atoms with Gasteiger partial charge in [-0.2, -0.15) is 0 Å². The average molecular weight is 211 g/mol. The molecule has 0 aliphatic heterocycles. The largest absolute Gasteiger partial charge is 0.408 e. The maximum Gasteiger partial charge on any atom is 0.346 e. The fraction of sp³-hybridized carbons (Fsp3) is 0.0769. The molecule has 3 aromatic rings. The SMILES string of the molecule is Cc1nc2cc3ccccc3cc2c(=O)o1. The molecule has 3 heteroatoms. The molecule has 0 fully saturated rings. The molecule has 3 nitrogen and oxygen atoms in total. The van der Waals surface area contributed by atoms with E-state index in [0.29, 0.717) is 16.8 Å². The van der Waals surface area contributed by atoms with Gasteiger partial charge in [-0.3, -0.25) is 0 Å².